The second kappa shape index (κ2) is 7.77. The highest BCUT2D eigenvalue weighted by Crippen LogP contribution is 2.17. The maximum Gasteiger partial charge on any atom is 0.276 e. The van der Waals surface area contributed by atoms with E-state index >= 15 is 0 Å². The van der Waals surface area contributed by atoms with Gasteiger partial charge in [-0.05, 0) is 66.6 Å². The number of carbonyl (C=O) groups is 1. The van der Waals surface area contributed by atoms with Crippen molar-refractivity contribution in [2.45, 2.75) is 13.5 Å². The van der Waals surface area contributed by atoms with E-state index in [1.807, 2.05) is 28.8 Å². The van der Waals surface area contributed by atoms with Crippen LogP contribution in [0, 0.1) is 12.7 Å². The monoisotopic (exact) mass is 426 g/mol. The first kappa shape index (κ1) is 19.7. The maximum atomic E-state index is 13.7. The van der Waals surface area contributed by atoms with E-state index in [2.05, 4.69) is 10.3 Å². The van der Waals surface area contributed by atoms with Crippen LogP contribution in [0.3, 0.4) is 0 Å². The first-order valence-corrected chi connectivity index (χ1v) is 10.1. The van der Waals surface area contributed by atoms with Crippen molar-refractivity contribution < 1.29 is 9.18 Å². The normalized spacial score (nSPS) is 11.2. The molecule has 1 N–H and O–H groups in total. The third-order valence-electron chi connectivity index (χ3n) is 5.48. The first-order chi connectivity index (χ1) is 15.5. The van der Waals surface area contributed by atoms with Gasteiger partial charge >= 0.3 is 0 Å². The minimum Gasteiger partial charge on any atom is -0.322 e. The fourth-order valence-corrected chi connectivity index (χ4v) is 3.75. The number of hydrogen-bond acceptors (Lipinski definition) is 3. The summed E-state index contributed by atoms with van der Waals surface area (Å²) in [5, 5.41) is 2.70. The molecule has 3 aromatic heterocycles. The van der Waals surface area contributed by atoms with E-state index in [9.17, 15) is 14.0 Å². The second-order valence-electron chi connectivity index (χ2n) is 7.62. The maximum absolute atomic E-state index is 13.7. The van der Waals surface area contributed by atoms with Crippen LogP contribution in [0.25, 0.3) is 16.7 Å². The number of nitrogens with zero attached hydrogens (tertiary/aromatic N) is 3. The highest BCUT2D eigenvalue weighted by atomic mass is 19.1. The number of amides is 1. The first-order valence-electron chi connectivity index (χ1n) is 10.1. The lowest BCUT2D eigenvalue weighted by molar-refractivity contribution is 0.102. The standard InChI is InChI=1S/C25H19FN4O2/c1-16-6-11-19(14-20(16)26)28-24(31)18-9-7-17(8-10-18)15-30-23-21(4-2-12-27-23)29-13-3-5-22(29)25(30)32/h2-14H,15H2,1H3,(H,28,31). The summed E-state index contributed by atoms with van der Waals surface area (Å²) in [6, 6.07) is 18.9. The zero-order valence-electron chi connectivity index (χ0n) is 17.2. The fourth-order valence-electron chi connectivity index (χ4n) is 3.75. The van der Waals surface area contributed by atoms with Gasteiger partial charge in [-0.1, -0.05) is 18.2 Å². The Morgan fingerprint density at radius 1 is 1.03 bits per heavy atom. The van der Waals surface area contributed by atoms with Gasteiger partial charge in [-0.3, -0.25) is 14.2 Å². The van der Waals surface area contributed by atoms with Crippen LogP contribution in [-0.4, -0.2) is 19.9 Å². The van der Waals surface area contributed by atoms with Crippen molar-refractivity contribution in [3.05, 3.63) is 112 Å². The Labute approximate surface area is 182 Å². The molecule has 6 nitrogen and oxygen atoms in total. The zero-order valence-corrected chi connectivity index (χ0v) is 17.2. The van der Waals surface area contributed by atoms with Crippen LogP contribution in [0.4, 0.5) is 10.1 Å². The van der Waals surface area contributed by atoms with E-state index in [-0.39, 0.29) is 17.3 Å². The quantitative estimate of drug-likeness (QED) is 0.463. The van der Waals surface area contributed by atoms with Crippen LogP contribution in [0.2, 0.25) is 0 Å². The molecule has 158 valence electrons. The van der Waals surface area contributed by atoms with Gasteiger partial charge in [0.1, 0.15) is 11.3 Å². The van der Waals surface area contributed by atoms with E-state index in [1.165, 1.54) is 6.07 Å². The Hall–Kier alpha value is -4.26. The van der Waals surface area contributed by atoms with Crippen molar-refractivity contribution in [1.82, 2.24) is 14.0 Å². The van der Waals surface area contributed by atoms with Gasteiger partial charge < -0.3 is 9.72 Å². The molecule has 3 heterocycles. The van der Waals surface area contributed by atoms with Gasteiger partial charge in [-0.15, -0.1) is 0 Å². The highest BCUT2D eigenvalue weighted by molar-refractivity contribution is 6.04. The van der Waals surface area contributed by atoms with Crippen LogP contribution in [-0.2, 0) is 6.54 Å². The summed E-state index contributed by atoms with van der Waals surface area (Å²) in [6.07, 6.45) is 3.51. The molecule has 0 radical (unpaired) electrons. The predicted molar refractivity (Wildman–Crippen MR) is 122 cm³/mol. The zero-order chi connectivity index (χ0) is 22.2. The molecule has 5 aromatic rings. The fraction of sp³-hybridized carbons (Fsp3) is 0.0800. The largest absolute Gasteiger partial charge is 0.322 e. The Kier molecular flexibility index (Phi) is 4.78. The summed E-state index contributed by atoms with van der Waals surface area (Å²) >= 11 is 0. The average Bonchev–Trinajstić information content (AvgIpc) is 3.30. The lowest BCUT2D eigenvalue weighted by Crippen LogP contribution is -2.24. The molecule has 1 amide bonds. The number of carbonyl (C=O) groups excluding carboxylic acids is 1. The minimum absolute atomic E-state index is 0.135. The van der Waals surface area contributed by atoms with Crippen molar-refractivity contribution in [2.75, 3.05) is 5.32 Å². The van der Waals surface area contributed by atoms with Gasteiger partial charge in [-0.2, -0.15) is 0 Å². The van der Waals surface area contributed by atoms with Crippen LogP contribution in [0.1, 0.15) is 21.5 Å². The number of rotatable bonds is 4. The van der Waals surface area contributed by atoms with Gasteiger partial charge in [0.25, 0.3) is 11.5 Å². The molecule has 2 aromatic carbocycles. The van der Waals surface area contributed by atoms with Crippen LogP contribution in [0.5, 0.6) is 0 Å². The highest BCUT2D eigenvalue weighted by Gasteiger charge is 2.12. The topological polar surface area (TPSA) is 68.4 Å². The molecule has 7 heteroatoms. The van der Waals surface area contributed by atoms with E-state index in [0.717, 1.165) is 11.1 Å². The molecule has 0 unspecified atom stereocenters. The Bertz CT molecular complexity index is 1530. The number of halogens is 1. The number of fused-ring (bicyclic) bond motifs is 3. The van der Waals surface area contributed by atoms with E-state index < -0.39 is 0 Å². The van der Waals surface area contributed by atoms with Crippen molar-refractivity contribution in [3.63, 3.8) is 0 Å². The molecule has 0 aliphatic heterocycles. The van der Waals surface area contributed by atoms with Crippen LogP contribution < -0.4 is 10.9 Å². The molecular formula is C25H19FN4O2. The van der Waals surface area contributed by atoms with Crippen LogP contribution >= 0.6 is 0 Å². The van der Waals surface area contributed by atoms with Crippen LogP contribution in [0.15, 0.2) is 83.9 Å². The van der Waals surface area contributed by atoms with E-state index in [0.29, 0.717) is 34.5 Å². The van der Waals surface area contributed by atoms with Gasteiger partial charge in [0, 0.05) is 23.6 Å². The molecule has 0 atom stereocenters. The Morgan fingerprint density at radius 3 is 2.59 bits per heavy atom. The predicted octanol–water partition coefficient (Wildman–Crippen LogP) is 4.40. The van der Waals surface area contributed by atoms with Crippen molar-refractivity contribution in [2.24, 2.45) is 0 Å². The average molecular weight is 426 g/mol. The third kappa shape index (κ3) is 3.43. The number of anilines is 1. The SMILES string of the molecule is Cc1ccc(NC(=O)c2ccc(Cn3c(=O)c4cccn4c4cccnc43)cc2)cc1F. The number of nitrogens with one attached hydrogen (secondary N) is 1. The minimum atomic E-state index is -0.371. The van der Waals surface area contributed by atoms with Crippen molar-refractivity contribution in [1.29, 1.82) is 0 Å². The Balaban J connectivity index is 1.43. The number of pyridine rings is 1. The summed E-state index contributed by atoms with van der Waals surface area (Å²) in [5.74, 6) is -0.705. The van der Waals surface area contributed by atoms with E-state index in [1.54, 1.807) is 60.2 Å². The number of benzene rings is 2. The van der Waals surface area contributed by atoms with E-state index in [4.69, 9.17) is 0 Å². The van der Waals surface area contributed by atoms with Gasteiger partial charge in [0.05, 0.1) is 12.1 Å². The summed E-state index contributed by atoms with van der Waals surface area (Å²) < 4.78 is 17.2. The third-order valence-corrected chi connectivity index (χ3v) is 5.48. The molecule has 0 aliphatic rings. The molecule has 0 saturated heterocycles. The molecule has 0 saturated carbocycles. The summed E-state index contributed by atoms with van der Waals surface area (Å²) in [7, 11) is 0. The lowest BCUT2D eigenvalue weighted by Gasteiger charge is -2.12. The number of aryl methyl sites for hydroxylation is 1. The van der Waals surface area contributed by atoms with Crippen molar-refractivity contribution in [3.8, 4) is 0 Å². The molecule has 32 heavy (non-hydrogen) atoms. The smallest absolute Gasteiger partial charge is 0.276 e. The summed E-state index contributed by atoms with van der Waals surface area (Å²) in [4.78, 5) is 30.0. The molecule has 0 bridgehead atoms. The van der Waals surface area contributed by atoms with Gasteiger partial charge in [0.15, 0.2) is 5.65 Å². The van der Waals surface area contributed by atoms with Gasteiger partial charge in [-0.25, -0.2) is 9.37 Å². The lowest BCUT2D eigenvalue weighted by atomic mass is 10.1. The second-order valence-corrected chi connectivity index (χ2v) is 7.62. The molecular weight excluding hydrogens is 407 g/mol. The molecule has 0 spiro atoms. The molecule has 0 fully saturated rings. The Morgan fingerprint density at radius 2 is 1.81 bits per heavy atom. The number of aromatic nitrogens is 3. The molecule has 0 aliphatic carbocycles. The number of hydrogen-bond donors (Lipinski definition) is 1. The van der Waals surface area contributed by atoms with Gasteiger partial charge in [0.2, 0.25) is 0 Å². The summed E-state index contributed by atoms with van der Waals surface area (Å²) in [6.45, 7) is 1.98. The molecule has 5 rings (SSSR count). The summed E-state index contributed by atoms with van der Waals surface area (Å²) in [5.41, 5.74) is 4.07. The van der Waals surface area contributed by atoms with Crippen molar-refractivity contribution >= 4 is 28.3 Å².